The number of aliphatic hydroxyl groups is 2. The highest BCUT2D eigenvalue weighted by Gasteiger charge is 2.17. The molecule has 0 rings (SSSR count). The van der Waals surface area contributed by atoms with Crippen LogP contribution in [0.4, 0.5) is 0 Å². The lowest BCUT2D eigenvalue weighted by molar-refractivity contribution is -0.122. The minimum atomic E-state index is -0.829. The smallest absolute Gasteiger partial charge is 0.220 e. The Labute approximate surface area is 244 Å². The lowest BCUT2D eigenvalue weighted by Gasteiger charge is -2.19. The van der Waals surface area contributed by atoms with Crippen LogP contribution >= 0.6 is 0 Å². The summed E-state index contributed by atoms with van der Waals surface area (Å²) in [4.78, 5) is 11.7. The van der Waals surface area contributed by atoms with Crippen LogP contribution in [0.2, 0.25) is 0 Å². The third-order valence-electron chi connectivity index (χ3n) is 7.99. The summed E-state index contributed by atoms with van der Waals surface area (Å²) < 4.78 is 0. The molecule has 0 aromatic heterocycles. The number of allylic oxidation sites excluding steroid dienone is 1. The second-order valence-electron chi connectivity index (χ2n) is 11.9. The van der Waals surface area contributed by atoms with Crippen LogP contribution in [-0.2, 0) is 4.79 Å². The standard InChI is InChI=1S/C35H69NO3/c1-3-5-6-7-8-9-10-11-12-13-14-15-16-17-18-19-20-21-22-23-24-25-26-27-28-29-31-34(38)33(32-37)36-35(39)30-4-2/h29,31,33-34,37-38H,3-28,30,32H2,1-2H3,(H,36,39)/b31-29+. The van der Waals surface area contributed by atoms with E-state index in [2.05, 4.69) is 12.2 Å². The minimum Gasteiger partial charge on any atom is -0.394 e. The Balaban J connectivity index is 3.30. The molecule has 3 N–H and O–H groups in total. The van der Waals surface area contributed by atoms with Crippen molar-refractivity contribution in [3.8, 4) is 0 Å². The van der Waals surface area contributed by atoms with Gasteiger partial charge in [0.25, 0.3) is 0 Å². The first-order chi connectivity index (χ1) is 19.2. The number of hydrogen-bond acceptors (Lipinski definition) is 3. The van der Waals surface area contributed by atoms with E-state index in [9.17, 15) is 15.0 Å². The zero-order chi connectivity index (χ0) is 28.7. The monoisotopic (exact) mass is 552 g/mol. The van der Waals surface area contributed by atoms with E-state index < -0.39 is 12.1 Å². The summed E-state index contributed by atoms with van der Waals surface area (Å²) in [6, 6.07) is -0.612. The molecule has 0 saturated carbocycles. The van der Waals surface area contributed by atoms with Gasteiger partial charge in [0.1, 0.15) is 0 Å². The zero-order valence-corrected chi connectivity index (χ0v) is 26.4. The molecular formula is C35H69NO3. The normalized spacial score (nSPS) is 13.2. The largest absolute Gasteiger partial charge is 0.394 e. The SMILES string of the molecule is CCCCCCCCCCCCCCCCCCCCCCCCCC/C=C/C(O)C(CO)NC(=O)CCC. The average Bonchev–Trinajstić information content (AvgIpc) is 2.93. The van der Waals surface area contributed by atoms with Crippen LogP contribution in [-0.4, -0.2) is 34.9 Å². The van der Waals surface area contributed by atoms with Crippen LogP contribution in [0.1, 0.15) is 187 Å². The zero-order valence-electron chi connectivity index (χ0n) is 26.4. The molecule has 4 heteroatoms. The van der Waals surface area contributed by atoms with Gasteiger partial charge >= 0.3 is 0 Å². The predicted octanol–water partition coefficient (Wildman–Crippen LogP) is 9.95. The van der Waals surface area contributed by atoms with Crippen LogP contribution in [0.3, 0.4) is 0 Å². The number of rotatable bonds is 31. The predicted molar refractivity (Wildman–Crippen MR) is 170 cm³/mol. The van der Waals surface area contributed by atoms with Crippen molar-refractivity contribution < 1.29 is 15.0 Å². The molecule has 1 amide bonds. The number of aliphatic hydroxyl groups excluding tert-OH is 2. The Kier molecular flexibility index (Phi) is 30.9. The Morgan fingerprint density at radius 2 is 0.949 bits per heavy atom. The maximum atomic E-state index is 11.7. The van der Waals surface area contributed by atoms with E-state index >= 15 is 0 Å². The van der Waals surface area contributed by atoms with Crippen molar-refractivity contribution in [1.82, 2.24) is 5.32 Å². The number of amides is 1. The molecule has 0 spiro atoms. The molecule has 0 heterocycles. The summed E-state index contributed by atoms with van der Waals surface area (Å²) >= 11 is 0. The molecular weight excluding hydrogens is 482 g/mol. The van der Waals surface area contributed by atoms with Crippen molar-refractivity contribution in [2.24, 2.45) is 0 Å². The number of hydrogen-bond donors (Lipinski definition) is 3. The molecule has 0 radical (unpaired) electrons. The van der Waals surface area contributed by atoms with Crippen LogP contribution in [0.25, 0.3) is 0 Å². The number of carbonyl (C=O) groups excluding carboxylic acids is 1. The number of nitrogens with one attached hydrogen (secondary N) is 1. The molecule has 0 aromatic carbocycles. The van der Waals surface area contributed by atoms with Crippen LogP contribution in [0, 0.1) is 0 Å². The highest BCUT2D eigenvalue weighted by atomic mass is 16.3. The molecule has 0 aliphatic carbocycles. The van der Waals surface area contributed by atoms with Crippen molar-refractivity contribution in [2.45, 2.75) is 199 Å². The van der Waals surface area contributed by atoms with E-state index in [-0.39, 0.29) is 12.5 Å². The fourth-order valence-corrected chi connectivity index (χ4v) is 5.34. The maximum absolute atomic E-state index is 11.7. The highest BCUT2D eigenvalue weighted by Crippen LogP contribution is 2.16. The van der Waals surface area contributed by atoms with Crippen molar-refractivity contribution in [3.05, 3.63) is 12.2 Å². The van der Waals surface area contributed by atoms with Gasteiger partial charge in [0, 0.05) is 6.42 Å². The second kappa shape index (κ2) is 31.7. The third kappa shape index (κ3) is 28.5. The van der Waals surface area contributed by atoms with Gasteiger partial charge in [-0.1, -0.05) is 174 Å². The Morgan fingerprint density at radius 3 is 1.28 bits per heavy atom. The first kappa shape index (κ1) is 38.1. The van der Waals surface area contributed by atoms with Gasteiger partial charge in [-0.15, -0.1) is 0 Å². The van der Waals surface area contributed by atoms with E-state index in [1.807, 2.05) is 13.0 Å². The lowest BCUT2D eigenvalue weighted by atomic mass is 10.0. The summed E-state index contributed by atoms with van der Waals surface area (Å²) in [6.45, 7) is 3.98. The van der Waals surface area contributed by atoms with E-state index in [4.69, 9.17) is 0 Å². The summed E-state index contributed by atoms with van der Waals surface area (Å²) in [5, 5.41) is 22.3. The summed E-state index contributed by atoms with van der Waals surface area (Å²) in [5.41, 5.74) is 0. The van der Waals surface area contributed by atoms with Gasteiger partial charge in [-0.3, -0.25) is 4.79 Å². The van der Waals surface area contributed by atoms with Gasteiger partial charge in [0.15, 0.2) is 0 Å². The molecule has 0 fully saturated rings. The highest BCUT2D eigenvalue weighted by molar-refractivity contribution is 5.76. The second-order valence-corrected chi connectivity index (χ2v) is 11.9. The first-order valence-electron chi connectivity index (χ1n) is 17.4. The molecule has 0 aliphatic heterocycles. The van der Waals surface area contributed by atoms with E-state index in [0.717, 1.165) is 19.3 Å². The first-order valence-corrected chi connectivity index (χ1v) is 17.4. The van der Waals surface area contributed by atoms with Crippen LogP contribution in [0.5, 0.6) is 0 Å². The van der Waals surface area contributed by atoms with Gasteiger partial charge in [0.05, 0.1) is 18.8 Å². The number of carbonyl (C=O) groups is 1. The summed E-state index contributed by atoms with van der Waals surface area (Å²) in [5.74, 6) is -0.117. The molecule has 39 heavy (non-hydrogen) atoms. The van der Waals surface area contributed by atoms with Crippen molar-refractivity contribution in [2.75, 3.05) is 6.61 Å². The average molecular weight is 552 g/mol. The van der Waals surface area contributed by atoms with Gasteiger partial charge in [-0.25, -0.2) is 0 Å². The number of unbranched alkanes of at least 4 members (excludes halogenated alkanes) is 24. The molecule has 0 saturated heterocycles. The topological polar surface area (TPSA) is 69.6 Å². The van der Waals surface area contributed by atoms with E-state index in [0.29, 0.717) is 6.42 Å². The van der Waals surface area contributed by atoms with Gasteiger partial charge in [0.2, 0.25) is 5.91 Å². The van der Waals surface area contributed by atoms with Gasteiger partial charge < -0.3 is 15.5 Å². The molecule has 2 atom stereocenters. The van der Waals surface area contributed by atoms with Crippen LogP contribution < -0.4 is 5.32 Å². The van der Waals surface area contributed by atoms with Crippen molar-refractivity contribution in [1.29, 1.82) is 0 Å². The van der Waals surface area contributed by atoms with E-state index in [1.165, 1.54) is 148 Å². The fraction of sp³-hybridized carbons (Fsp3) is 0.914. The molecule has 0 bridgehead atoms. The summed E-state index contributed by atoms with van der Waals surface area (Å²) in [7, 11) is 0. The molecule has 4 nitrogen and oxygen atoms in total. The summed E-state index contributed by atoms with van der Waals surface area (Å²) in [6.07, 6.45) is 38.7. The quantitative estimate of drug-likeness (QED) is 0.0593. The molecule has 0 aromatic rings. The minimum absolute atomic E-state index is 0.117. The molecule has 232 valence electrons. The lowest BCUT2D eigenvalue weighted by Crippen LogP contribution is -2.45. The Hall–Kier alpha value is -0.870. The van der Waals surface area contributed by atoms with Gasteiger partial charge in [-0.2, -0.15) is 0 Å². The van der Waals surface area contributed by atoms with Gasteiger partial charge in [-0.05, 0) is 19.3 Å². The van der Waals surface area contributed by atoms with Crippen molar-refractivity contribution >= 4 is 5.91 Å². The molecule has 2 unspecified atom stereocenters. The fourth-order valence-electron chi connectivity index (χ4n) is 5.34. The Bertz CT molecular complexity index is 522. The van der Waals surface area contributed by atoms with Crippen LogP contribution in [0.15, 0.2) is 12.2 Å². The Morgan fingerprint density at radius 1 is 0.590 bits per heavy atom. The third-order valence-corrected chi connectivity index (χ3v) is 7.99. The maximum Gasteiger partial charge on any atom is 0.220 e. The van der Waals surface area contributed by atoms with E-state index in [1.54, 1.807) is 6.08 Å². The van der Waals surface area contributed by atoms with Crippen molar-refractivity contribution in [3.63, 3.8) is 0 Å². The molecule has 0 aliphatic rings.